The topological polar surface area (TPSA) is 70.2 Å². The summed E-state index contributed by atoms with van der Waals surface area (Å²) in [5, 5.41) is -0.136. The third-order valence-corrected chi connectivity index (χ3v) is 5.33. The maximum absolute atomic E-state index is 12.5. The summed E-state index contributed by atoms with van der Waals surface area (Å²) in [6, 6.07) is 8.76. The average Bonchev–Trinajstić information content (AvgIpc) is 2.86. The number of nitrogens with one attached hydrogen (secondary N) is 1. The van der Waals surface area contributed by atoms with Crippen LogP contribution in [0.2, 0.25) is 5.02 Å². The molecule has 0 unspecified atom stereocenters. The minimum Gasteiger partial charge on any atom is -0.326 e. The highest BCUT2D eigenvalue weighted by Gasteiger charge is 2.30. The highest BCUT2D eigenvalue weighted by molar-refractivity contribution is 7.89. The van der Waals surface area contributed by atoms with E-state index in [0.29, 0.717) is 13.1 Å². The van der Waals surface area contributed by atoms with Crippen LogP contribution in [0.5, 0.6) is 0 Å². The van der Waals surface area contributed by atoms with Crippen LogP contribution in [0.3, 0.4) is 0 Å². The zero-order valence-electron chi connectivity index (χ0n) is 10.3. The summed E-state index contributed by atoms with van der Waals surface area (Å²) in [7, 11) is -3.67. The number of H-pyrrole nitrogens is 1. The van der Waals surface area contributed by atoms with Crippen LogP contribution in [-0.4, -0.2) is 17.7 Å². The standard InChI is InChI=1S/C13H11ClN2O3S/c14-12-5-11(6-15-13(12)17)20(18,19)16-7-9-3-1-2-4-10(9)8-16/h1-6H,7-8H2,(H,15,17). The van der Waals surface area contributed by atoms with Gasteiger partial charge in [0, 0.05) is 19.3 Å². The van der Waals surface area contributed by atoms with Crippen LogP contribution in [-0.2, 0) is 23.1 Å². The van der Waals surface area contributed by atoms with E-state index >= 15 is 0 Å². The summed E-state index contributed by atoms with van der Waals surface area (Å²) in [5.41, 5.74) is 1.48. The number of aromatic nitrogens is 1. The maximum Gasteiger partial charge on any atom is 0.266 e. The van der Waals surface area contributed by atoms with Crippen LogP contribution in [0.1, 0.15) is 11.1 Å². The smallest absolute Gasteiger partial charge is 0.266 e. The molecule has 0 radical (unpaired) electrons. The molecule has 0 bridgehead atoms. The zero-order valence-corrected chi connectivity index (χ0v) is 11.9. The molecule has 0 saturated carbocycles. The second-order valence-corrected chi connectivity index (χ2v) is 6.90. The molecule has 5 nitrogen and oxygen atoms in total. The molecule has 3 rings (SSSR count). The van der Waals surface area contributed by atoms with E-state index in [1.807, 2.05) is 24.3 Å². The third kappa shape index (κ3) is 2.15. The van der Waals surface area contributed by atoms with E-state index in [-0.39, 0.29) is 9.92 Å². The second-order valence-electron chi connectivity index (χ2n) is 4.55. The highest BCUT2D eigenvalue weighted by Crippen LogP contribution is 2.28. The van der Waals surface area contributed by atoms with Gasteiger partial charge in [0.1, 0.15) is 5.02 Å². The van der Waals surface area contributed by atoms with Crippen molar-refractivity contribution < 1.29 is 8.42 Å². The lowest BCUT2D eigenvalue weighted by atomic mass is 10.1. The Hall–Kier alpha value is -1.63. The van der Waals surface area contributed by atoms with Crippen molar-refractivity contribution in [3.8, 4) is 0 Å². The zero-order chi connectivity index (χ0) is 14.3. The SMILES string of the molecule is O=c1[nH]cc(S(=O)(=O)N2Cc3ccccc3C2)cc1Cl. The molecular formula is C13H11ClN2O3S. The van der Waals surface area contributed by atoms with Gasteiger partial charge in [-0.1, -0.05) is 35.9 Å². The van der Waals surface area contributed by atoms with Gasteiger partial charge in [-0.3, -0.25) is 4.79 Å². The predicted octanol–water partition coefficient (Wildman–Crippen LogP) is 1.73. The number of hydrogen-bond acceptors (Lipinski definition) is 3. The first-order valence-electron chi connectivity index (χ1n) is 5.93. The number of fused-ring (bicyclic) bond motifs is 1. The van der Waals surface area contributed by atoms with E-state index in [1.165, 1.54) is 16.6 Å². The molecule has 2 aromatic rings. The monoisotopic (exact) mass is 310 g/mol. The van der Waals surface area contributed by atoms with Gasteiger partial charge in [-0.2, -0.15) is 4.31 Å². The van der Waals surface area contributed by atoms with Crippen LogP contribution in [0.4, 0.5) is 0 Å². The molecule has 0 saturated heterocycles. The molecule has 20 heavy (non-hydrogen) atoms. The van der Waals surface area contributed by atoms with Gasteiger partial charge in [-0.25, -0.2) is 8.42 Å². The Morgan fingerprint density at radius 3 is 2.30 bits per heavy atom. The molecule has 0 spiro atoms. The molecule has 0 aliphatic carbocycles. The van der Waals surface area contributed by atoms with Crippen molar-refractivity contribution in [3.63, 3.8) is 0 Å². The fourth-order valence-corrected chi connectivity index (χ4v) is 3.84. The van der Waals surface area contributed by atoms with Crippen molar-refractivity contribution in [2.24, 2.45) is 0 Å². The summed E-state index contributed by atoms with van der Waals surface area (Å²) in [4.78, 5) is 13.5. The molecule has 0 fully saturated rings. The molecule has 1 aromatic carbocycles. The lowest BCUT2D eigenvalue weighted by molar-refractivity contribution is 0.431. The number of sulfonamides is 1. The van der Waals surface area contributed by atoms with Crippen molar-refractivity contribution in [1.82, 2.24) is 9.29 Å². The molecule has 1 N–H and O–H groups in total. The normalized spacial score (nSPS) is 15.2. The molecule has 104 valence electrons. The third-order valence-electron chi connectivity index (χ3n) is 3.28. The van der Waals surface area contributed by atoms with Gasteiger partial charge in [-0.05, 0) is 17.2 Å². The number of pyridine rings is 1. The lowest BCUT2D eigenvalue weighted by Gasteiger charge is -2.15. The summed E-state index contributed by atoms with van der Waals surface area (Å²) in [5.74, 6) is 0. The number of halogens is 1. The number of rotatable bonds is 2. The minimum absolute atomic E-state index is 0.00472. The fraction of sp³-hybridized carbons (Fsp3) is 0.154. The largest absolute Gasteiger partial charge is 0.326 e. The maximum atomic E-state index is 12.5. The summed E-state index contributed by atoms with van der Waals surface area (Å²) >= 11 is 5.69. The van der Waals surface area contributed by atoms with Gasteiger partial charge in [0.2, 0.25) is 10.0 Å². The predicted molar refractivity (Wildman–Crippen MR) is 74.9 cm³/mol. The van der Waals surface area contributed by atoms with E-state index in [9.17, 15) is 13.2 Å². The molecule has 1 aromatic heterocycles. The van der Waals surface area contributed by atoms with Crippen molar-refractivity contribution in [2.45, 2.75) is 18.0 Å². The van der Waals surface area contributed by atoms with E-state index < -0.39 is 15.6 Å². The van der Waals surface area contributed by atoms with Gasteiger partial charge in [0.05, 0.1) is 4.90 Å². The first kappa shape index (κ1) is 13.4. The Morgan fingerprint density at radius 1 is 1.15 bits per heavy atom. The molecule has 2 heterocycles. The second kappa shape index (κ2) is 4.73. The first-order valence-corrected chi connectivity index (χ1v) is 7.75. The molecule has 1 aliphatic rings. The number of nitrogens with zero attached hydrogens (tertiary/aromatic N) is 1. The van der Waals surface area contributed by atoms with Crippen LogP contribution in [0.15, 0.2) is 46.2 Å². The van der Waals surface area contributed by atoms with Gasteiger partial charge >= 0.3 is 0 Å². The van der Waals surface area contributed by atoms with Gasteiger partial charge < -0.3 is 4.98 Å². The Morgan fingerprint density at radius 2 is 1.75 bits per heavy atom. The summed E-state index contributed by atoms with van der Waals surface area (Å²) < 4.78 is 26.4. The van der Waals surface area contributed by atoms with E-state index in [0.717, 1.165) is 11.1 Å². The lowest BCUT2D eigenvalue weighted by Crippen LogP contribution is -2.26. The molecule has 0 atom stereocenters. The van der Waals surface area contributed by atoms with E-state index in [2.05, 4.69) is 4.98 Å². The van der Waals surface area contributed by atoms with Crippen molar-refractivity contribution in [1.29, 1.82) is 0 Å². The summed E-state index contributed by atoms with van der Waals surface area (Å²) in [6.07, 6.45) is 1.17. The van der Waals surface area contributed by atoms with Crippen molar-refractivity contribution in [3.05, 3.63) is 63.0 Å². The Kier molecular flexibility index (Phi) is 3.16. The van der Waals surface area contributed by atoms with Crippen LogP contribution in [0.25, 0.3) is 0 Å². The average molecular weight is 311 g/mol. The van der Waals surface area contributed by atoms with Gasteiger partial charge in [0.25, 0.3) is 5.56 Å². The fourth-order valence-electron chi connectivity index (χ4n) is 2.21. The summed E-state index contributed by atoms with van der Waals surface area (Å²) in [6.45, 7) is 0.657. The van der Waals surface area contributed by atoms with E-state index in [4.69, 9.17) is 11.6 Å². The highest BCUT2D eigenvalue weighted by atomic mass is 35.5. The molecule has 0 amide bonds. The Balaban J connectivity index is 1.98. The van der Waals surface area contributed by atoms with Crippen molar-refractivity contribution >= 4 is 21.6 Å². The van der Waals surface area contributed by atoms with Crippen LogP contribution in [0, 0.1) is 0 Å². The van der Waals surface area contributed by atoms with E-state index in [1.54, 1.807) is 0 Å². The first-order chi connectivity index (χ1) is 9.48. The van der Waals surface area contributed by atoms with Gasteiger partial charge in [-0.15, -0.1) is 0 Å². The molecule has 7 heteroatoms. The minimum atomic E-state index is -3.67. The Labute approximate surface area is 120 Å². The number of benzene rings is 1. The number of aromatic amines is 1. The molecular weight excluding hydrogens is 300 g/mol. The van der Waals surface area contributed by atoms with Gasteiger partial charge in [0.15, 0.2) is 0 Å². The van der Waals surface area contributed by atoms with Crippen molar-refractivity contribution in [2.75, 3.05) is 0 Å². The number of hydrogen-bond donors (Lipinski definition) is 1. The Bertz CT molecular complexity index is 805. The van der Waals surface area contributed by atoms with Crippen LogP contribution < -0.4 is 5.56 Å². The quantitative estimate of drug-likeness (QED) is 0.918. The molecule has 1 aliphatic heterocycles. The van der Waals surface area contributed by atoms with Crippen LogP contribution >= 0.6 is 11.6 Å².